The lowest BCUT2D eigenvalue weighted by Gasteiger charge is -2.17. The van der Waals surface area contributed by atoms with Crippen LogP contribution in [-0.2, 0) is 6.42 Å². The SMILES string of the molecule is CN(CCc1ccncc1)c1ccc2nncn2n1. The van der Waals surface area contributed by atoms with Crippen molar-refractivity contribution >= 4 is 11.5 Å². The van der Waals surface area contributed by atoms with E-state index in [0.717, 1.165) is 24.4 Å². The maximum absolute atomic E-state index is 4.45. The summed E-state index contributed by atoms with van der Waals surface area (Å²) in [5.74, 6) is 0.904. The summed E-state index contributed by atoms with van der Waals surface area (Å²) in [6.45, 7) is 0.893. The average molecular weight is 254 g/mol. The molecule has 0 aliphatic heterocycles. The molecule has 6 heteroatoms. The normalized spacial score (nSPS) is 10.8. The molecule has 0 aliphatic rings. The summed E-state index contributed by atoms with van der Waals surface area (Å²) in [6, 6.07) is 7.93. The molecular weight excluding hydrogens is 240 g/mol. The summed E-state index contributed by atoms with van der Waals surface area (Å²) in [5, 5.41) is 12.2. The first-order chi connectivity index (χ1) is 9.33. The minimum absolute atomic E-state index is 0.756. The van der Waals surface area contributed by atoms with Gasteiger partial charge in [-0.05, 0) is 36.2 Å². The molecule has 19 heavy (non-hydrogen) atoms. The molecule has 3 aromatic rings. The first-order valence-corrected chi connectivity index (χ1v) is 6.10. The Kier molecular flexibility index (Phi) is 3.06. The second-order valence-corrected chi connectivity index (χ2v) is 4.35. The second kappa shape index (κ2) is 5.01. The van der Waals surface area contributed by atoms with Crippen molar-refractivity contribution in [2.45, 2.75) is 6.42 Å². The maximum Gasteiger partial charge on any atom is 0.177 e. The number of likely N-dealkylation sites (N-methyl/N-ethyl adjacent to an activating group) is 1. The highest BCUT2D eigenvalue weighted by Crippen LogP contribution is 2.10. The van der Waals surface area contributed by atoms with Gasteiger partial charge in [0, 0.05) is 26.0 Å². The molecule has 0 amide bonds. The van der Waals surface area contributed by atoms with Gasteiger partial charge in [0.2, 0.25) is 0 Å². The van der Waals surface area contributed by atoms with Crippen LogP contribution in [0.25, 0.3) is 5.65 Å². The quantitative estimate of drug-likeness (QED) is 0.700. The van der Waals surface area contributed by atoms with Crippen molar-refractivity contribution in [2.24, 2.45) is 0 Å². The zero-order valence-corrected chi connectivity index (χ0v) is 10.6. The van der Waals surface area contributed by atoms with E-state index in [1.165, 1.54) is 5.56 Å². The van der Waals surface area contributed by atoms with Crippen LogP contribution in [0.1, 0.15) is 5.56 Å². The van der Waals surface area contributed by atoms with E-state index in [0.29, 0.717) is 0 Å². The van der Waals surface area contributed by atoms with Gasteiger partial charge in [0.25, 0.3) is 0 Å². The van der Waals surface area contributed by atoms with Crippen LogP contribution in [0.3, 0.4) is 0 Å². The molecule has 0 atom stereocenters. The highest BCUT2D eigenvalue weighted by molar-refractivity contribution is 5.44. The Morgan fingerprint density at radius 1 is 1.16 bits per heavy atom. The molecule has 0 fully saturated rings. The van der Waals surface area contributed by atoms with Gasteiger partial charge >= 0.3 is 0 Å². The predicted molar refractivity (Wildman–Crippen MR) is 72.0 cm³/mol. The van der Waals surface area contributed by atoms with E-state index < -0.39 is 0 Å². The Labute approximate surface area is 110 Å². The lowest BCUT2D eigenvalue weighted by Crippen LogP contribution is -2.22. The molecular formula is C13H14N6. The second-order valence-electron chi connectivity index (χ2n) is 4.35. The number of pyridine rings is 1. The molecule has 3 aromatic heterocycles. The predicted octanol–water partition coefficient (Wildman–Crippen LogP) is 1.20. The van der Waals surface area contributed by atoms with E-state index in [1.54, 1.807) is 10.8 Å². The van der Waals surface area contributed by atoms with Crippen LogP contribution in [0.4, 0.5) is 5.82 Å². The monoisotopic (exact) mass is 254 g/mol. The largest absolute Gasteiger partial charge is 0.358 e. The number of hydrogen-bond donors (Lipinski definition) is 0. The van der Waals surface area contributed by atoms with Gasteiger partial charge in [-0.2, -0.15) is 4.52 Å². The molecule has 0 radical (unpaired) electrons. The van der Waals surface area contributed by atoms with E-state index in [-0.39, 0.29) is 0 Å². The summed E-state index contributed by atoms with van der Waals surface area (Å²) >= 11 is 0. The van der Waals surface area contributed by atoms with Gasteiger partial charge < -0.3 is 4.90 Å². The molecule has 0 saturated heterocycles. The van der Waals surface area contributed by atoms with Crippen LogP contribution in [0.15, 0.2) is 43.0 Å². The van der Waals surface area contributed by atoms with Gasteiger partial charge in [0.15, 0.2) is 5.65 Å². The molecule has 0 unspecified atom stereocenters. The number of anilines is 1. The standard InChI is InChI=1S/C13H14N6/c1-18(9-6-11-4-7-14-8-5-11)13-3-2-12-16-15-10-19(12)17-13/h2-5,7-8,10H,6,9H2,1H3. The van der Waals surface area contributed by atoms with Crippen LogP contribution in [0, 0.1) is 0 Å². The van der Waals surface area contributed by atoms with Gasteiger partial charge in [-0.15, -0.1) is 15.3 Å². The number of hydrogen-bond acceptors (Lipinski definition) is 5. The summed E-state index contributed by atoms with van der Waals surface area (Å²) in [4.78, 5) is 6.13. The first-order valence-electron chi connectivity index (χ1n) is 6.10. The van der Waals surface area contributed by atoms with Crippen molar-refractivity contribution in [3.05, 3.63) is 48.5 Å². The van der Waals surface area contributed by atoms with Crippen LogP contribution >= 0.6 is 0 Å². The van der Waals surface area contributed by atoms with Gasteiger partial charge in [-0.25, -0.2) is 0 Å². The summed E-state index contributed by atoms with van der Waals surface area (Å²) < 4.78 is 1.68. The van der Waals surface area contributed by atoms with Gasteiger partial charge in [-0.3, -0.25) is 4.98 Å². The third kappa shape index (κ3) is 2.52. The molecule has 0 spiro atoms. The first kappa shape index (κ1) is 11.6. The topological polar surface area (TPSA) is 59.2 Å². The lowest BCUT2D eigenvalue weighted by molar-refractivity contribution is 0.820. The highest BCUT2D eigenvalue weighted by atomic mass is 15.4. The molecule has 0 bridgehead atoms. The van der Waals surface area contributed by atoms with Crippen molar-refractivity contribution in [3.63, 3.8) is 0 Å². The molecule has 0 aliphatic carbocycles. The minimum Gasteiger partial charge on any atom is -0.358 e. The Balaban J connectivity index is 1.71. The zero-order chi connectivity index (χ0) is 13.1. The Morgan fingerprint density at radius 2 is 2.00 bits per heavy atom. The van der Waals surface area contributed by atoms with Crippen molar-refractivity contribution in [1.82, 2.24) is 24.8 Å². The van der Waals surface area contributed by atoms with E-state index in [1.807, 2.05) is 43.7 Å². The van der Waals surface area contributed by atoms with Gasteiger partial charge in [0.1, 0.15) is 12.1 Å². The maximum atomic E-state index is 4.45. The van der Waals surface area contributed by atoms with Crippen LogP contribution in [-0.4, -0.2) is 38.4 Å². The average Bonchev–Trinajstić information content (AvgIpc) is 2.93. The lowest BCUT2D eigenvalue weighted by atomic mass is 10.2. The molecule has 6 nitrogen and oxygen atoms in total. The van der Waals surface area contributed by atoms with Gasteiger partial charge in [-0.1, -0.05) is 0 Å². The van der Waals surface area contributed by atoms with Crippen molar-refractivity contribution in [1.29, 1.82) is 0 Å². The van der Waals surface area contributed by atoms with E-state index in [4.69, 9.17) is 0 Å². The van der Waals surface area contributed by atoms with Crippen LogP contribution < -0.4 is 4.90 Å². The molecule has 3 rings (SSSR count). The molecule has 0 N–H and O–H groups in total. The number of nitrogens with zero attached hydrogens (tertiary/aromatic N) is 6. The third-order valence-electron chi connectivity index (χ3n) is 3.02. The molecule has 0 aromatic carbocycles. The smallest absolute Gasteiger partial charge is 0.177 e. The minimum atomic E-state index is 0.756. The van der Waals surface area contributed by atoms with Gasteiger partial charge in [0.05, 0.1) is 0 Å². The van der Waals surface area contributed by atoms with Crippen LogP contribution in [0.5, 0.6) is 0 Å². The van der Waals surface area contributed by atoms with Crippen molar-refractivity contribution in [2.75, 3.05) is 18.5 Å². The fraction of sp³-hybridized carbons (Fsp3) is 0.231. The number of aromatic nitrogens is 5. The van der Waals surface area contributed by atoms with E-state index >= 15 is 0 Å². The fourth-order valence-electron chi connectivity index (χ4n) is 1.88. The van der Waals surface area contributed by atoms with Crippen molar-refractivity contribution in [3.8, 4) is 0 Å². The van der Waals surface area contributed by atoms with E-state index in [9.17, 15) is 0 Å². The number of fused-ring (bicyclic) bond motifs is 1. The van der Waals surface area contributed by atoms with Crippen LogP contribution in [0.2, 0.25) is 0 Å². The summed E-state index contributed by atoms with van der Waals surface area (Å²) in [5.41, 5.74) is 2.03. The summed E-state index contributed by atoms with van der Waals surface area (Å²) in [6.07, 6.45) is 6.20. The van der Waals surface area contributed by atoms with Crippen molar-refractivity contribution < 1.29 is 0 Å². The molecule has 96 valence electrons. The van der Waals surface area contributed by atoms with E-state index in [2.05, 4.69) is 25.2 Å². The molecule has 3 heterocycles. The third-order valence-corrected chi connectivity index (χ3v) is 3.02. The fourth-order valence-corrected chi connectivity index (χ4v) is 1.88. The summed E-state index contributed by atoms with van der Waals surface area (Å²) in [7, 11) is 2.03. The zero-order valence-electron chi connectivity index (χ0n) is 10.6. The Bertz CT molecular complexity index is 663. The Hall–Kier alpha value is -2.50. The Morgan fingerprint density at radius 3 is 2.84 bits per heavy atom. The molecule has 0 saturated carbocycles. The highest BCUT2D eigenvalue weighted by Gasteiger charge is 2.05. The number of rotatable bonds is 4.